The van der Waals surface area contributed by atoms with Crippen LogP contribution in [0.2, 0.25) is 0 Å². The number of hydrogen-bond donors (Lipinski definition) is 1. The van der Waals surface area contributed by atoms with Crippen LogP contribution in [0.5, 0.6) is 0 Å². The second-order valence-corrected chi connectivity index (χ2v) is 5.62. The molecule has 1 aromatic rings. The third-order valence-electron chi connectivity index (χ3n) is 4.24. The summed E-state index contributed by atoms with van der Waals surface area (Å²) in [5.74, 6) is 0. The number of hydrogen-bond acceptors (Lipinski definition) is 3. The molecule has 1 aliphatic heterocycles. The van der Waals surface area contributed by atoms with E-state index in [1.807, 2.05) is 12.4 Å². The molecule has 18 heavy (non-hydrogen) atoms. The van der Waals surface area contributed by atoms with E-state index >= 15 is 0 Å². The van der Waals surface area contributed by atoms with Gasteiger partial charge in [-0.2, -0.15) is 0 Å². The highest BCUT2D eigenvalue weighted by molar-refractivity contribution is 5.14. The summed E-state index contributed by atoms with van der Waals surface area (Å²) in [6.45, 7) is 10.3. The minimum absolute atomic E-state index is 0.248. The summed E-state index contributed by atoms with van der Waals surface area (Å²) in [6.07, 6.45) is 6.18. The predicted molar refractivity (Wildman–Crippen MR) is 75.5 cm³/mol. The van der Waals surface area contributed by atoms with Crippen LogP contribution in [-0.4, -0.2) is 35.1 Å². The van der Waals surface area contributed by atoms with Crippen LogP contribution in [0.4, 0.5) is 0 Å². The van der Waals surface area contributed by atoms with E-state index < -0.39 is 0 Å². The highest BCUT2D eigenvalue weighted by atomic mass is 15.2. The van der Waals surface area contributed by atoms with Gasteiger partial charge in [-0.3, -0.25) is 9.88 Å². The Labute approximate surface area is 111 Å². The van der Waals surface area contributed by atoms with Crippen molar-refractivity contribution in [2.24, 2.45) is 0 Å². The van der Waals surface area contributed by atoms with Crippen LogP contribution in [0.15, 0.2) is 24.5 Å². The number of pyridine rings is 1. The molecule has 100 valence electrons. The first-order valence-electron chi connectivity index (χ1n) is 7.03. The summed E-state index contributed by atoms with van der Waals surface area (Å²) in [5, 5.41) is 3.69. The minimum Gasteiger partial charge on any atom is -0.310 e. The molecular weight excluding hydrogens is 222 g/mol. The van der Waals surface area contributed by atoms with Crippen LogP contribution in [0.1, 0.15) is 45.2 Å². The van der Waals surface area contributed by atoms with Gasteiger partial charge in [0, 0.05) is 37.1 Å². The van der Waals surface area contributed by atoms with Crippen molar-refractivity contribution in [2.75, 3.05) is 19.6 Å². The average molecular weight is 247 g/mol. The monoisotopic (exact) mass is 247 g/mol. The fourth-order valence-electron chi connectivity index (χ4n) is 2.68. The van der Waals surface area contributed by atoms with Gasteiger partial charge in [-0.1, -0.05) is 6.92 Å². The first kappa shape index (κ1) is 13.5. The van der Waals surface area contributed by atoms with Gasteiger partial charge in [-0.05, 0) is 50.9 Å². The van der Waals surface area contributed by atoms with E-state index in [0.29, 0.717) is 6.04 Å². The smallest absolute Gasteiger partial charge is 0.0321 e. The van der Waals surface area contributed by atoms with Crippen molar-refractivity contribution in [3.63, 3.8) is 0 Å². The van der Waals surface area contributed by atoms with E-state index in [2.05, 4.69) is 48.1 Å². The van der Waals surface area contributed by atoms with Crippen LogP contribution in [0, 0.1) is 0 Å². The lowest BCUT2D eigenvalue weighted by Gasteiger charge is -2.36. The molecule has 0 bridgehead atoms. The fourth-order valence-corrected chi connectivity index (χ4v) is 2.68. The molecule has 0 aliphatic carbocycles. The molecule has 1 N–H and O–H groups in total. The molecule has 0 amide bonds. The molecule has 1 aromatic heterocycles. The number of nitrogens with zero attached hydrogens (tertiary/aromatic N) is 2. The Hall–Kier alpha value is -0.930. The maximum Gasteiger partial charge on any atom is 0.0321 e. The molecule has 3 nitrogen and oxygen atoms in total. The number of nitrogens with one attached hydrogen (secondary N) is 1. The third kappa shape index (κ3) is 3.09. The van der Waals surface area contributed by atoms with Crippen LogP contribution < -0.4 is 5.32 Å². The Kier molecular flexibility index (Phi) is 4.36. The fraction of sp³-hybridized carbons (Fsp3) is 0.667. The SMILES string of the molecule is CCC1(C)CN(C(C)c2ccncc2)CCCN1. The normalized spacial score (nSPS) is 27.7. The molecule has 1 aliphatic rings. The Morgan fingerprint density at radius 3 is 2.83 bits per heavy atom. The van der Waals surface area contributed by atoms with E-state index in [1.165, 1.54) is 24.9 Å². The molecule has 0 spiro atoms. The Balaban J connectivity index is 2.11. The zero-order valence-electron chi connectivity index (χ0n) is 11.8. The van der Waals surface area contributed by atoms with Crippen molar-refractivity contribution in [2.45, 2.75) is 45.2 Å². The number of rotatable bonds is 3. The molecule has 2 unspecified atom stereocenters. The summed E-state index contributed by atoms with van der Waals surface area (Å²) in [6, 6.07) is 4.73. The van der Waals surface area contributed by atoms with Crippen molar-refractivity contribution < 1.29 is 0 Å². The minimum atomic E-state index is 0.248. The van der Waals surface area contributed by atoms with Gasteiger partial charge in [-0.25, -0.2) is 0 Å². The molecule has 0 saturated carbocycles. The topological polar surface area (TPSA) is 28.2 Å². The molecule has 1 fully saturated rings. The van der Waals surface area contributed by atoms with Gasteiger partial charge in [0.25, 0.3) is 0 Å². The zero-order chi connectivity index (χ0) is 13.0. The van der Waals surface area contributed by atoms with E-state index in [1.54, 1.807) is 0 Å². The van der Waals surface area contributed by atoms with E-state index in [0.717, 1.165) is 13.1 Å². The van der Waals surface area contributed by atoms with Crippen molar-refractivity contribution in [1.29, 1.82) is 0 Å². The summed E-state index contributed by atoms with van der Waals surface area (Å²) >= 11 is 0. The summed E-state index contributed by atoms with van der Waals surface area (Å²) < 4.78 is 0. The lowest BCUT2D eigenvalue weighted by atomic mass is 9.97. The quantitative estimate of drug-likeness (QED) is 0.890. The average Bonchev–Trinajstić information content (AvgIpc) is 2.62. The van der Waals surface area contributed by atoms with E-state index in [4.69, 9.17) is 0 Å². The molecule has 2 heterocycles. The Morgan fingerprint density at radius 2 is 2.17 bits per heavy atom. The van der Waals surface area contributed by atoms with Gasteiger partial charge in [0.05, 0.1) is 0 Å². The van der Waals surface area contributed by atoms with E-state index in [-0.39, 0.29) is 5.54 Å². The molecule has 1 saturated heterocycles. The van der Waals surface area contributed by atoms with Gasteiger partial charge >= 0.3 is 0 Å². The molecule has 3 heteroatoms. The first-order chi connectivity index (χ1) is 8.64. The summed E-state index contributed by atoms with van der Waals surface area (Å²) in [7, 11) is 0. The maximum absolute atomic E-state index is 4.11. The van der Waals surface area contributed by atoms with Crippen LogP contribution >= 0.6 is 0 Å². The second-order valence-electron chi connectivity index (χ2n) is 5.62. The van der Waals surface area contributed by atoms with Crippen molar-refractivity contribution in [3.05, 3.63) is 30.1 Å². The number of aromatic nitrogens is 1. The molecule has 2 rings (SSSR count). The van der Waals surface area contributed by atoms with Gasteiger partial charge < -0.3 is 5.32 Å². The molecule has 0 aromatic carbocycles. The highest BCUT2D eigenvalue weighted by Gasteiger charge is 2.29. The van der Waals surface area contributed by atoms with Gasteiger partial charge in [0.2, 0.25) is 0 Å². The van der Waals surface area contributed by atoms with Gasteiger partial charge in [0.15, 0.2) is 0 Å². The Bertz CT molecular complexity index is 365. The van der Waals surface area contributed by atoms with Crippen molar-refractivity contribution >= 4 is 0 Å². The van der Waals surface area contributed by atoms with Crippen molar-refractivity contribution in [1.82, 2.24) is 15.2 Å². The van der Waals surface area contributed by atoms with E-state index in [9.17, 15) is 0 Å². The van der Waals surface area contributed by atoms with Crippen LogP contribution in [-0.2, 0) is 0 Å². The predicted octanol–water partition coefficient (Wildman–Crippen LogP) is 2.61. The summed E-state index contributed by atoms with van der Waals surface area (Å²) in [5.41, 5.74) is 1.61. The lowest BCUT2D eigenvalue weighted by Crippen LogP contribution is -2.48. The van der Waals surface area contributed by atoms with Gasteiger partial charge in [-0.15, -0.1) is 0 Å². The first-order valence-corrected chi connectivity index (χ1v) is 7.03. The largest absolute Gasteiger partial charge is 0.310 e. The highest BCUT2D eigenvalue weighted by Crippen LogP contribution is 2.24. The standard InChI is InChI=1S/C15H25N3/c1-4-15(3)12-18(11-5-8-17-15)13(2)14-6-9-16-10-7-14/h6-7,9-10,13,17H,4-5,8,11-12H2,1-3H3. The maximum atomic E-state index is 4.11. The lowest BCUT2D eigenvalue weighted by molar-refractivity contribution is 0.169. The van der Waals surface area contributed by atoms with Crippen LogP contribution in [0.25, 0.3) is 0 Å². The molecule has 0 radical (unpaired) electrons. The zero-order valence-corrected chi connectivity index (χ0v) is 11.8. The van der Waals surface area contributed by atoms with Crippen LogP contribution in [0.3, 0.4) is 0 Å². The Morgan fingerprint density at radius 1 is 1.44 bits per heavy atom. The summed E-state index contributed by atoms with van der Waals surface area (Å²) in [4.78, 5) is 6.70. The molecule has 2 atom stereocenters. The molecular formula is C15H25N3. The van der Waals surface area contributed by atoms with Crippen molar-refractivity contribution in [3.8, 4) is 0 Å². The van der Waals surface area contributed by atoms with Gasteiger partial charge in [0.1, 0.15) is 0 Å². The second kappa shape index (κ2) is 5.81. The third-order valence-corrected chi connectivity index (χ3v) is 4.24.